The number of rotatable bonds is 6. The minimum Gasteiger partial charge on any atom is -0.480 e. The topological polar surface area (TPSA) is 45.5 Å². The molecule has 0 spiro atoms. The van der Waals surface area contributed by atoms with Crippen molar-refractivity contribution >= 4 is 40.1 Å². The van der Waals surface area contributed by atoms with E-state index < -0.39 is 5.97 Å². The third kappa shape index (κ3) is 4.46. The van der Waals surface area contributed by atoms with Crippen LogP contribution < -0.4 is 0 Å². The number of benzene rings is 3. The average molecular weight is 493 g/mol. The number of aliphatic carboxylic acids is 1. The number of hydrogen-bond donors (Lipinski definition) is 1. The molecule has 1 saturated heterocycles. The highest BCUT2D eigenvalue weighted by Gasteiger charge is 2.27. The minimum absolute atomic E-state index is 0.0716. The second-order valence-corrected chi connectivity index (χ2v) is 9.69. The molecule has 174 valence electrons. The number of fused-ring (bicyclic) bond motifs is 1. The zero-order chi connectivity index (χ0) is 23.7. The standard InChI is InChI=1S/C28H26Cl2N2O2/c29-23-10-6-11-24(30)27(23)19-13-15-31(16-14-19)17-22-21-9-4-5-12-25(21)32(18-26(33)34)28(22)20-7-2-1-3-8-20/h1-12,19H,13-18H2,(H,33,34). The van der Waals surface area contributed by atoms with E-state index in [2.05, 4.69) is 23.1 Å². The molecular formula is C28H26Cl2N2O2. The van der Waals surface area contributed by atoms with Gasteiger partial charge in [0.2, 0.25) is 0 Å². The second-order valence-electron chi connectivity index (χ2n) is 8.88. The van der Waals surface area contributed by atoms with Crippen molar-refractivity contribution in [1.29, 1.82) is 0 Å². The van der Waals surface area contributed by atoms with Crippen molar-refractivity contribution < 1.29 is 9.90 Å². The smallest absolute Gasteiger partial charge is 0.323 e. The fourth-order valence-electron chi connectivity index (χ4n) is 5.26. The van der Waals surface area contributed by atoms with Crippen molar-refractivity contribution in [3.63, 3.8) is 0 Å². The highest BCUT2D eigenvalue weighted by molar-refractivity contribution is 6.36. The monoisotopic (exact) mass is 492 g/mol. The van der Waals surface area contributed by atoms with Crippen LogP contribution in [0.1, 0.15) is 29.9 Å². The van der Waals surface area contributed by atoms with Crippen LogP contribution in [0, 0.1) is 0 Å². The van der Waals surface area contributed by atoms with Crippen molar-refractivity contribution in [1.82, 2.24) is 9.47 Å². The Bertz CT molecular complexity index is 1310. The van der Waals surface area contributed by atoms with Crippen molar-refractivity contribution in [3.05, 3.63) is 94.0 Å². The first-order valence-corrected chi connectivity index (χ1v) is 12.3. The first-order chi connectivity index (χ1) is 16.5. The maximum atomic E-state index is 11.8. The molecule has 4 aromatic rings. The van der Waals surface area contributed by atoms with E-state index in [1.807, 2.05) is 59.2 Å². The number of nitrogens with zero attached hydrogens (tertiary/aromatic N) is 2. The number of halogens is 2. The molecule has 2 heterocycles. The fraction of sp³-hybridized carbons (Fsp3) is 0.250. The van der Waals surface area contributed by atoms with Crippen LogP contribution in [0.25, 0.3) is 22.2 Å². The molecule has 0 aliphatic carbocycles. The van der Waals surface area contributed by atoms with Gasteiger partial charge in [-0.25, -0.2) is 0 Å². The molecule has 1 N–H and O–H groups in total. The molecule has 1 aliphatic heterocycles. The molecule has 6 heteroatoms. The Morgan fingerprint density at radius 1 is 0.882 bits per heavy atom. The maximum Gasteiger partial charge on any atom is 0.323 e. The zero-order valence-corrected chi connectivity index (χ0v) is 20.3. The Balaban J connectivity index is 1.48. The quantitative estimate of drug-likeness (QED) is 0.312. The van der Waals surface area contributed by atoms with Crippen LogP contribution in [0.15, 0.2) is 72.8 Å². The fourth-order valence-corrected chi connectivity index (χ4v) is 5.97. The molecule has 0 atom stereocenters. The molecule has 0 amide bonds. The van der Waals surface area contributed by atoms with Crippen LogP contribution in [0.5, 0.6) is 0 Å². The van der Waals surface area contributed by atoms with Gasteiger partial charge in [-0.1, -0.05) is 77.8 Å². The molecule has 1 fully saturated rings. The summed E-state index contributed by atoms with van der Waals surface area (Å²) in [6.45, 7) is 2.55. The first kappa shape index (κ1) is 23.0. The summed E-state index contributed by atoms with van der Waals surface area (Å²) >= 11 is 13.0. The Labute approximate surface area is 209 Å². The summed E-state index contributed by atoms with van der Waals surface area (Å²) in [5, 5.41) is 12.3. The maximum absolute atomic E-state index is 11.8. The van der Waals surface area contributed by atoms with E-state index in [0.29, 0.717) is 5.92 Å². The third-order valence-corrected chi connectivity index (χ3v) is 7.45. The number of carboxylic acids is 1. The summed E-state index contributed by atoms with van der Waals surface area (Å²) < 4.78 is 1.94. The van der Waals surface area contributed by atoms with Gasteiger partial charge in [-0.05, 0) is 66.7 Å². The summed E-state index contributed by atoms with van der Waals surface area (Å²) in [4.78, 5) is 14.2. The van der Waals surface area contributed by atoms with Gasteiger partial charge >= 0.3 is 5.97 Å². The molecule has 0 radical (unpaired) electrons. The predicted octanol–water partition coefficient (Wildman–Crippen LogP) is 7.08. The van der Waals surface area contributed by atoms with E-state index in [4.69, 9.17) is 23.2 Å². The normalized spacial score (nSPS) is 15.1. The van der Waals surface area contributed by atoms with Gasteiger partial charge < -0.3 is 9.67 Å². The average Bonchev–Trinajstić information content (AvgIpc) is 3.13. The lowest BCUT2D eigenvalue weighted by Gasteiger charge is -2.33. The van der Waals surface area contributed by atoms with Gasteiger partial charge in [-0.3, -0.25) is 9.69 Å². The van der Waals surface area contributed by atoms with Crippen molar-refractivity contribution in [3.8, 4) is 11.3 Å². The minimum atomic E-state index is -0.845. The van der Waals surface area contributed by atoms with Gasteiger partial charge in [0.1, 0.15) is 6.54 Å². The van der Waals surface area contributed by atoms with Crippen LogP contribution in [0.4, 0.5) is 0 Å². The Hall–Kier alpha value is -2.79. The van der Waals surface area contributed by atoms with Crippen LogP contribution in [0.2, 0.25) is 10.0 Å². The van der Waals surface area contributed by atoms with E-state index in [-0.39, 0.29) is 6.54 Å². The van der Waals surface area contributed by atoms with Crippen molar-refractivity contribution in [2.75, 3.05) is 13.1 Å². The molecule has 34 heavy (non-hydrogen) atoms. The van der Waals surface area contributed by atoms with E-state index in [9.17, 15) is 9.90 Å². The molecule has 0 bridgehead atoms. The zero-order valence-electron chi connectivity index (χ0n) is 18.8. The number of carbonyl (C=O) groups is 1. The lowest BCUT2D eigenvalue weighted by Crippen LogP contribution is -2.32. The predicted molar refractivity (Wildman–Crippen MR) is 139 cm³/mol. The molecule has 4 nitrogen and oxygen atoms in total. The highest BCUT2D eigenvalue weighted by atomic mass is 35.5. The van der Waals surface area contributed by atoms with Gasteiger partial charge in [-0.15, -0.1) is 0 Å². The Morgan fingerprint density at radius 3 is 2.21 bits per heavy atom. The number of para-hydroxylation sites is 1. The van der Waals surface area contributed by atoms with E-state index >= 15 is 0 Å². The highest BCUT2D eigenvalue weighted by Crippen LogP contribution is 2.39. The number of hydrogen-bond acceptors (Lipinski definition) is 2. The second kappa shape index (κ2) is 9.83. The lowest BCUT2D eigenvalue weighted by atomic mass is 9.89. The van der Waals surface area contributed by atoms with Crippen LogP contribution in [-0.4, -0.2) is 33.6 Å². The number of carboxylic acid groups (broad SMARTS) is 1. The van der Waals surface area contributed by atoms with E-state index in [0.717, 1.165) is 70.2 Å². The van der Waals surface area contributed by atoms with Crippen LogP contribution >= 0.6 is 23.2 Å². The first-order valence-electron chi connectivity index (χ1n) is 11.6. The van der Waals surface area contributed by atoms with Gasteiger partial charge in [-0.2, -0.15) is 0 Å². The molecule has 3 aromatic carbocycles. The van der Waals surface area contributed by atoms with E-state index in [1.54, 1.807) is 0 Å². The largest absolute Gasteiger partial charge is 0.480 e. The Kier molecular flexibility index (Phi) is 6.64. The molecule has 0 unspecified atom stereocenters. The molecular weight excluding hydrogens is 467 g/mol. The van der Waals surface area contributed by atoms with Gasteiger partial charge in [0.05, 0.1) is 5.69 Å². The third-order valence-electron chi connectivity index (χ3n) is 6.79. The lowest BCUT2D eigenvalue weighted by molar-refractivity contribution is -0.137. The molecule has 0 saturated carbocycles. The summed E-state index contributed by atoms with van der Waals surface area (Å²) in [6.07, 6.45) is 1.97. The molecule has 1 aliphatic rings. The van der Waals surface area contributed by atoms with Crippen LogP contribution in [0.3, 0.4) is 0 Å². The van der Waals surface area contributed by atoms with Gasteiger partial charge in [0.25, 0.3) is 0 Å². The van der Waals surface area contributed by atoms with Crippen LogP contribution in [-0.2, 0) is 17.9 Å². The number of likely N-dealkylation sites (tertiary alicyclic amines) is 1. The Morgan fingerprint density at radius 2 is 1.53 bits per heavy atom. The summed E-state index contributed by atoms with van der Waals surface area (Å²) in [5.74, 6) is -0.499. The summed E-state index contributed by atoms with van der Waals surface area (Å²) in [5.41, 5.74) is 5.22. The number of aromatic nitrogens is 1. The van der Waals surface area contributed by atoms with Crippen molar-refractivity contribution in [2.45, 2.75) is 31.8 Å². The summed E-state index contributed by atoms with van der Waals surface area (Å²) in [7, 11) is 0. The van der Waals surface area contributed by atoms with Crippen molar-refractivity contribution in [2.24, 2.45) is 0 Å². The van der Waals surface area contributed by atoms with Gasteiger partial charge in [0, 0.05) is 27.5 Å². The van der Waals surface area contributed by atoms with E-state index in [1.165, 1.54) is 5.56 Å². The molecule has 1 aromatic heterocycles. The number of piperidine rings is 1. The SMILES string of the molecule is O=C(O)Cn1c(-c2ccccc2)c(CN2CCC(c3c(Cl)cccc3Cl)CC2)c2ccccc21. The molecule has 5 rings (SSSR count). The summed E-state index contributed by atoms with van der Waals surface area (Å²) in [6, 6.07) is 23.9. The van der Waals surface area contributed by atoms with Gasteiger partial charge in [0.15, 0.2) is 0 Å².